The molecular weight excluding hydrogens is 326 g/mol. The number of carbonyl (C=O) groups excluding carboxylic acids is 1. The van der Waals surface area contributed by atoms with Gasteiger partial charge >= 0.3 is 5.97 Å². The number of benzene rings is 1. The smallest absolute Gasteiger partial charge is 0.303 e. The quantitative estimate of drug-likeness (QED) is 0.341. The molecule has 1 aromatic carbocycles. The SMILES string of the molecule is CC(=O)OC(CCBr)c1ccc(C2CC2)c([N+](=O)[O-])c1. The molecule has 0 saturated heterocycles. The van der Waals surface area contributed by atoms with Gasteiger partial charge in [0.05, 0.1) is 4.92 Å². The Hall–Kier alpha value is -1.43. The summed E-state index contributed by atoms with van der Waals surface area (Å²) in [6.07, 6.45) is 2.16. The van der Waals surface area contributed by atoms with Gasteiger partial charge in [-0.2, -0.15) is 0 Å². The molecule has 1 saturated carbocycles. The van der Waals surface area contributed by atoms with Crippen molar-refractivity contribution < 1.29 is 14.5 Å². The lowest BCUT2D eigenvalue weighted by molar-refractivity contribution is -0.385. The summed E-state index contributed by atoms with van der Waals surface area (Å²) in [6.45, 7) is 1.34. The molecule has 2 rings (SSSR count). The van der Waals surface area contributed by atoms with Gasteiger partial charge in [0.1, 0.15) is 6.10 Å². The van der Waals surface area contributed by atoms with E-state index in [2.05, 4.69) is 15.9 Å². The van der Waals surface area contributed by atoms with Crippen LogP contribution in [0, 0.1) is 10.1 Å². The number of hydrogen-bond acceptors (Lipinski definition) is 4. The van der Waals surface area contributed by atoms with Crippen molar-refractivity contribution in [3.05, 3.63) is 39.4 Å². The van der Waals surface area contributed by atoms with Crippen LogP contribution in [0.5, 0.6) is 0 Å². The van der Waals surface area contributed by atoms with Crippen molar-refractivity contribution >= 4 is 27.6 Å². The molecular formula is C14H16BrNO4. The summed E-state index contributed by atoms with van der Waals surface area (Å²) in [5.41, 5.74) is 1.60. The van der Waals surface area contributed by atoms with Gasteiger partial charge in [-0.1, -0.05) is 28.1 Å². The van der Waals surface area contributed by atoms with E-state index in [9.17, 15) is 14.9 Å². The molecule has 20 heavy (non-hydrogen) atoms. The second-order valence-electron chi connectivity index (χ2n) is 4.93. The van der Waals surface area contributed by atoms with Crippen LogP contribution in [0.25, 0.3) is 0 Å². The highest BCUT2D eigenvalue weighted by Crippen LogP contribution is 2.44. The fourth-order valence-corrected chi connectivity index (χ4v) is 2.67. The highest BCUT2D eigenvalue weighted by Gasteiger charge is 2.31. The highest BCUT2D eigenvalue weighted by atomic mass is 79.9. The number of nitro benzene ring substituents is 1. The molecule has 0 bridgehead atoms. The third-order valence-corrected chi connectivity index (χ3v) is 3.78. The van der Waals surface area contributed by atoms with Gasteiger partial charge in [0, 0.05) is 23.9 Å². The zero-order valence-corrected chi connectivity index (χ0v) is 12.8. The summed E-state index contributed by atoms with van der Waals surface area (Å²) in [6, 6.07) is 5.18. The number of nitrogens with zero attached hydrogens (tertiary/aromatic N) is 1. The van der Waals surface area contributed by atoms with Gasteiger partial charge in [-0.05, 0) is 30.7 Å². The van der Waals surface area contributed by atoms with Crippen LogP contribution in [0.2, 0.25) is 0 Å². The first-order chi connectivity index (χ1) is 9.52. The average Bonchev–Trinajstić information content (AvgIpc) is 3.21. The summed E-state index contributed by atoms with van der Waals surface area (Å²) in [4.78, 5) is 22.0. The van der Waals surface area contributed by atoms with Crippen LogP contribution in [0.15, 0.2) is 18.2 Å². The molecule has 0 heterocycles. The number of esters is 1. The standard InChI is InChI=1S/C14H16BrNO4/c1-9(17)20-14(6-7-15)11-4-5-12(10-2-3-10)13(8-11)16(18)19/h4-5,8,10,14H,2-3,6-7H2,1H3. The molecule has 1 atom stereocenters. The fourth-order valence-electron chi connectivity index (χ4n) is 2.25. The topological polar surface area (TPSA) is 69.4 Å². The van der Waals surface area contributed by atoms with Gasteiger partial charge < -0.3 is 4.74 Å². The van der Waals surface area contributed by atoms with Crippen LogP contribution in [-0.2, 0) is 9.53 Å². The lowest BCUT2D eigenvalue weighted by atomic mass is 10.0. The van der Waals surface area contributed by atoms with E-state index in [1.54, 1.807) is 12.1 Å². The number of ether oxygens (including phenoxy) is 1. The largest absolute Gasteiger partial charge is 0.458 e. The molecule has 0 radical (unpaired) electrons. The fraction of sp³-hybridized carbons (Fsp3) is 0.500. The molecule has 1 fully saturated rings. The minimum Gasteiger partial charge on any atom is -0.458 e. The van der Waals surface area contributed by atoms with E-state index in [0.717, 1.165) is 18.4 Å². The van der Waals surface area contributed by atoms with Gasteiger partial charge in [-0.15, -0.1) is 0 Å². The van der Waals surface area contributed by atoms with Gasteiger partial charge in [0.25, 0.3) is 5.69 Å². The van der Waals surface area contributed by atoms with E-state index in [1.165, 1.54) is 6.92 Å². The second kappa shape index (κ2) is 6.35. The minimum atomic E-state index is -0.446. The Morgan fingerprint density at radius 1 is 1.55 bits per heavy atom. The molecule has 0 spiro atoms. The first-order valence-corrected chi connectivity index (χ1v) is 7.66. The van der Waals surface area contributed by atoms with Crippen molar-refractivity contribution in [3.8, 4) is 0 Å². The first-order valence-electron chi connectivity index (χ1n) is 6.54. The third-order valence-electron chi connectivity index (χ3n) is 3.32. The van der Waals surface area contributed by atoms with Crippen LogP contribution in [0.3, 0.4) is 0 Å². The Bertz CT molecular complexity index is 528. The summed E-state index contributed by atoms with van der Waals surface area (Å²) in [7, 11) is 0. The molecule has 5 nitrogen and oxygen atoms in total. The molecule has 1 unspecified atom stereocenters. The van der Waals surface area contributed by atoms with Crippen LogP contribution >= 0.6 is 15.9 Å². The van der Waals surface area contributed by atoms with Gasteiger partial charge in [-0.3, -0.25) is 14.9 Å². The number of rotatable bonds is 6. The van der Waals surface area contributed by atoms with Crippen LogP contribution in [0.1, 0.15) is 49.3 Å². The molecule has 1 aromatic rings. The average molecular weight is 342 g/mol. The van der Waals surface area contributed by atoms with Gasteiger partial charge in [-0.25, -0.2) is 0 Å². The van der Waals surface area contributed by atoms with E-state index in [0.29, 0.717) is 23.2 Å². The number of carbonyl (C=O) groups is 1. The third kappa shape index (κ3) is 3.56. The molecule has 6 heteroatoms. The summed E-state index contributed by atoms with van der Waals surface area (Å²) in [5, 5.41) is 11.9. The van der Waals surface area contributed by atoms with Gasteiger partial charge in [0.2, 0.25) is 0 Å². The second-order valence-corrected chi connectivity index (χ2v) is 5.72. The van der Waals surface area contributed by atoms with Crippen LogP contribution in [0.4, 0.5) is 5.69 Å². The number of halogens is 1. The Kier molecular flexibility index (Phi) is 4.75. The van der Waals surface area contributed by atoms with Crippen molar-refractivity contribution in [2.75, 3.05) is 5.33 Å². The zero-order chi connectivity index (χ0) is 14.7. The van der Waals surface area contributed by atoms with E-state index in [-0.39, 0.29) is 16.6 Å². The molecule has 0 aromatic heterocycles. The summed E-state index contributed by atoms with van der Waals surface area (Å²) in [5.74, 6) is -0.0716. The number of alkyl halides is 1. The van der Waals surface area contributed by atoms with E-state index >= 15 is 0 Å². The van der Waals surface area contributed by atoms with Crippen LogP contribution < -0.4 is 0 Å². The maximum absolute atomic E-state index is 11.2. The lowest BCUT2D eigenvalue weighted by Gasteiger charge is -2.16. The Balaban J connectivity index is 2.32. The van der Waals surface area contributed by atoms with Crippen molar-refractivity contribution in [2.24, 2.45) is 0 Å². The molecule has 0 N–H and O–H groups in total. The molecule has 0 amide bonds. The van der Waals surface area contributed by atoms with Crippen molar-refractivity contribution in [1.82, 2.24) is 0 Å². The normalized spacial score (nSPS) is 15.7. The monoisotopic (exact) mass is 341 g/mol. The molecule has 1 aliphatic rings. The van der Waals surface area contributed by atoms with E-state index < -0.39 is 6.10 Å². The highest BCUT2D eigenvalue weighted by molar-refractivity contribution is 9.09. The Labute approximate surface area is 125 Å². The number of hydrogen-bond donors (Lipinski definition) is 0. The maximum Gasteiger partial charge on any atom is 0.303 e. The van der Waals surface area contributed by atoms with Crippen molar-refractivity contribution in [1.29, 1.82) is 0 Å². The lowest BCUT2D eigenvalue weighted by Crippen LogP contribution is -2.10. The predicted octanol–water partition coefficient (Wildman–Crippen LogP) is 3.86. The minimum absolute atomic E-state index is 0.136. The van der Waals surface area contributed by atoms with Crippen molar-refractivity contribution in [2.45, 2.75) is 38.2 Å². The summed E-state index contributed by atoms with van der Waals surface area (Å²) >= 11 is 3.31. The van der Waals surface area contributed by atoms with E-state index in [4.69, 9.17) is 4.74 Å². The zero-order valence-electron chi connectivity index (χ0n) is 11.2. The Morgan fingerprint density at radius 2 is 2.25 bits per heavy atom. The molecule has 1 aliphatic carbocycles. The Morgan fingerprint density at radius 3 is 2.75 bits per heavy atom. The molecule has 0 aliphatic heterocycles. The first kappa shape index (κ1) is 15.0. The van der Waals surface area contributed by atoms with E-state index in [1.807, 2.05) is 6.07 Å². The van der Waals surface area contributed by atoms with Crippen molar-refractivity contribution in [3.63, 3.8) is 0 Å². The predicted molar refractivity (Wildman–Crippen MR) is 78.0 cm³/mol. The number of nitro groups is 1. The summed E-state index contributed by atoms with van der Waals surface area (Å²) < 4.78 is 5.24. The van der Waals surface area contributed by atoms with Gasteiger partial charge in [0.15, 0.2) is 0 Å². The van der Waals surface area contributed by atoms with Crippen LogP contribution in [-0.4, -0.2) is 16.2 Å². The maximum atomic E-state index is 11.2. The molecule has 108 valence electrons.